The average molecular weight is 487 g/mol. The van der Waals surface area contributed by atoms with Crippen molar-refractivity contribution in [2.24, 2.45) is 17.8 Å². The predicted octanol–water partition coefficient (Wildman–Crippen LogP) is 4.42. The van der Waals surface area contributed by atoms with Crippen molar-refractivity contribution in [1.82, 2.24) is 0 Å². The molecule has 1 aliphatic carbocycles. The Labute approximate surface area is 210 Å². The first kappa shape index (κ1) is 24.0. The summed E-state index contributed by atoms with van der Waals surface area (Å²) >= 11 is 0. The van der Waals surface area contributed by atoms with Gasteiger partial charge in [-0.15, -0.1) is 0 Å². The standard InChI is InChI=1S/C29H30N2O5/c1-16-6-9-24(18(3)11-16)30-15-20(14-26(30)32)29(35)36-21-7-10-25(19(4)13-21)31-27(33)22-8-5-17(2)12-23(22)28(31)34/h5-7,9-11,13,20,22-23H,8,12,14-15H2,1-4H3/t20-,22+,23+/m1/s1. The van der Waals surface area contributed by atoms with Crippen molar-refractivity contribution in [3.05, 3.63) is 64.7 Å². The second-order valence-corrected chi connectivity index (χ2v) is 10.3. The van der Waals surface area contributed by atoms with Crippen LogP contribution in [0.3, 0.4) is 0 Å². The summed E-state index contributed by atoms with van der Waals surface area (Å²) in [5.74, 6) is -1.76. The lowest BCUT2D eigenvalue weighted by atomic mass is 9.82. The van der Waals surface area contributed by atoms with E-state index in [9.17, 15) is 19.2 Å². The summed E-state index contributed by atoms with van der Waals surface area (Å²) in [5.41, 5.74) is 5.24. The lowest BCUT2D eigenvalue weighted by Gasteiger charge is -2.20. The molecular weight excluding hydrogens is 456 g/mol. The topological polar surface area (TPSA) is 84.0 Å². The van der Waals surface area contributed by atoms with E-state index in [1.165, 1.54) is 4.90 Å². The van der Waals surface area contributed by atoms with Crippen molar-refractivity contribution in [2.45, 2.75) is 47.0 Å². The summed E-state index contributed by atoms with van der Waals surface area (Å²) in [4.78, 5) is 54.6. The van der Waals surface area contributed by atoms with E-state index >= 15 is 0 Å². The first-order valence-corrected chi connectivity index (χ1v) is 12.4. The molecule has 0 radical (unpaired) electrons. The molecule has 3 aliphatic rings. The molecule has 7 nitrogen and oxygen atoms in total. The minimum absolute atomic E-state index is 0.0935. The number of rotatable bonds is 4. The monoisotopic (exact) mass is 486 g/mol. The van der Waals surface area contributed by atoms with Gasteiger partial charge in [0.15, 0.2) is 0 Å². The fourth-order valence-electron chi connectivity index (χ4n) is 5.62. The van der Waals surface area contributed by atoms with Crippen molar-refractivity contribution >= 4 is 35.1 Å². The van der Waals surface area contributed by atoms with E-state index in [1.807, 2.05) is 45.0 Å². The molecule has 2 aromatic rings. The largest absolute Gasteiger partial charge is 0.426 e. The quantitative estimate of drug-likeness (QED) is 0.277. The second-order valence-electron chi connectivity index (χ2n) is 10.3. The molecule has 0 spiro atoms. The number of benzene rings is 2. The van der Waals surface area contributed by atoms with Crippen LogP contribution >= 0.6 is 0 Å². The smallest absolute Gasteiger partial charge is 0.316 e. The van der Waals surface area contributed by atoms with Crippen LogP contribution in [0.25, 0.3) is 0 Å². The third-order valence-electron chi connectivity index (χ3n) is 7.55. The Hall–Kier alpha value is -3.74. The average Bonchev–Trinajstić information content (AvgIpc) is 3.32. The lowest BCUT2D eigenvalue weighted by Crippen LogP contribution is -2.31. The lowest BCUT2D eigenvalue weighted by molar-refractivity contribution is -0.139. The van der Waals surface area contributed by atoms with Crippen LogP contribution in [-0.2, 0) is 19.2 Å². The van der Waals surface area contributed by atoms with Crippen LogP contribution in [0.2, 0.25) is 0 Å². The molecule has 2 fully saturated rings. The van der Waals surface area contributed by atoms with E-state index in [2.05, 4.69) is 0 Å². The van der Waals surface area contributed by atoms with Crippen LogP contribution in [0.5, 0.6) is 5.75 Å². The Bertz CT molecular complexity index is 1330. The highest BCUT2D eigenvalue weighted by molar-refractivity contribution is 6.22. The summed E-state index contributed by atoms with van der Waals surface area (Å²) in [6.45, 7) is 8.00. The van der Waals surface area contributed by atoms with Gasteiger partial charge in [0, 0.05) is 18.7 Å². The molecule has 2 saturated heterocycles. The predicted molar refractivity (Wildman–Crippen MR) is 136 cm³/mol. The highest BCUT2D eigenvalue weighted by atomic mass is 16.5. The van der Waals surface area contributed by atoms with Gasteiger partial charge in [-0.1, -0.05) is 29.3 Å². The summed E-state index contributed by atoms with van der Waals surface area (Å²) in [6, 6.07) is 10.8. The van der Waals surface area contributed by atoms with E-state index in [1.54, 1.807) is 30.0 Å². The Morgan fingerprint density at radius 1 is 0.861 bits per heavy atom. The number of esters is 1. The minimum Gasteiger partial charge on any atom is -0.426 e. The number of aryl methyl sites for hydroxylation is 3. The number of ether oxygens (including phenoxy) is 1. The van der Waals surface area contributed by atoms with Crippen molar-refractivity contribution in [1.29, 1.82) is 0 Å². The van der Waals surface area contributed by atoms with Gasteiger partial charge in [0.05, 0.1) is 23.4 Å². The maximum absolute atomic E-state index is 13.1. The fourth-order valence-corrected chi connectivity index (χ4v) is 5.62. The summed E-state index contributed by atoms with van der Waals surface area (Å²) in [5, 5.41) is 0. The first-order valence-electron chi connectivity index (χ1n) is 12.4. The molecule has 3 amide bonds. The van der Waals surface area contributed by atoms with Crippen LogP contribution in [0.4, 0.5) is 11.4 Å². The summed E-state index contributed by atoms with van der Waals surface area (Å²) < 4.78 is 5.63. The zero-order chi connectivity index (χ0) is 25.7. The molecule has 186 valence electrons. The molecule has 3 atom stereocenters. The number of hydrogen-bond donors (Lipinski definition) is 0. The number of amides is 3. The second kappa shape index (κ2) is 9.04. The Morgan fingerprint density at radius 3 is 2.28 bits per heavy atom. The number of nitrogens with zero attached hydrogens (tertiary/aromatic N) is 2. The Balaban J connectivity index is 1.28. The maximum Gasteiger partial charge on any atom is 0.316 e. The number of hydrogen-bond acceptors (Lipinski definition) is 5. The van der Waals surface area contributed by atoms with E-state index in [0.717, 1.165) is 22.4 Å². The van der Waals surface area contributed by atoms with E-state index in [-0.39, 0.29) is 42.5 Å². The molecule has 36 heavy (non-hydrogen) atoms. The van der Waals surface area contributed by atoms with Gasteiger partial charge in [-0.3, -0.25) is 19.2 Å². The number of carbonyl (C=O) groups is 4. The van der Waals surface area contributed by atoms with E-state index in [4.69, 9.17) is 4.74 Å². The van der Waals surface area contributed by atoms with Gasteiger partial charge in [-0.25, -0.2) is 4.90 Å². The molecule has 2 aliphatic heterocycles. The van der Waals surface area contributed by atoms with Crippen molar-refractivity contribution in [2.75, 3.05) is 16.3 Å². The third kappa shape index (κ3) is 4.12. The molecule has 0 aromatic heterocycles. The van der Waals surface area contributed by atoms with Gasteiger partial charge in [-0.2, -0.15) is 0 Å². The van der Waals surface area contributed by atoms with Gasteiger partial charge in [0.1, 0.15) is 5.75 Å². The van der Waals surface area contributed by atoms with E-state index < -0.39 is 11.9 Å². The number of carbonyl (C=O) groups excluding carboxylic acids is 4. The van der Waals surface area contributed by atoms with Crippen LogP contribution in [-0.4, -0.2) is 30.2 Å². The minimum atomic E-state index is -0.571. The van der Waals surface area contributed by atoms with Crippen LogP contribution in [0.1, 0.15) is 42.9 Å². The number of anilines is 2. The van der Waals surface area contributed by atoms with Crippen molar-refractivity contribution < 1.29 is 23.9 Å². The highest BCUT2D eigenvalue weighted by Gasteiger charge is 2.49. The Morgan fingerprint density at radius 2 is 1.56 bits per heavy atom. The molecular formula is C29H30N2O5. The maximum atomic E-state index is 13.1. The van der Waals surface area contributed by atoms with Crippen molar-refractivity contribution in [3.63, 3.8) is 0 Å². The fraction of sp³-hybridized carbons (Fsp3) is 0.379. The van der Waals surface area contributed by atoms with Gasteiger partial charge in [0.25, 0.3) is 0 Å². The number of fused-ring (bicyclic) bond motifs is 1. The molecule has 0 N–H and O–H groups in total. The molecule has 0 unspecified atom stereocenters. The molecule has 2 aromatic carbocycles. The zero-order valence-corrected chi connectivity index (χ0v) is 21.0. The summed E-state index contributed by atoms with van der Waals surface area (Å²) in [6.07, 6.45) is 3.34. The van der Waals surface area contributed by atoms with Crippen LogP contribution in [0, 0.1) is 38.5 Å². The molecule has 0 saturated carbocycles. The zero-order valence-electron chi connectivity index (χ0n) is 21.0. The van der Waals surface area contributed by atoms with Crippen LogP contribution in [0.15, 0.2) is 48.0 Å². The summed E-state index contributed by atoms with van der Waals surface area (Å²) in [7, 11) is 0. The van der Waals surface area contributed by atoms with Gasteiger partial charge < -0.3 is 9.64 Å². The number of imide groups is 1. The van der Waals surface area contributed by atoms with Gasteiger partial charge >= 0.3 is 5.97 Å². The molecule has 2 heterocycles. The molecule has 0 bridgehead atoms. The SMILES string of the molecule is CC1=CC[C@@H]2C(=O)N(c3ccc(OC(=O)[C@@H]4CC(=O)N(c5ccc(C)cc5C)C4)cc3C)C(=O)[C@H]2C1. The third-order valence-corrected chi connectivity index (χ3v) is 7.55. The molecule has 5 rings (SSSR count). The van der Waals surface area contributed by atoms with Gasteiger partial charge in [-0.05, 0) is 75.9 Å². The first-order chi connectivity index (χ1) is 17.1. The molecule has 7 heteroatoms. The van der Waals surface area contributed by atoms with Crippen LogP contribution < -0.4 is 14.5 Å². The van der Waals surface area contributed by atoms with Gasteiger partial charge in [0.2, 0.25) is 17.7 Å². The Kier molecular flexibility index (Phi) is 6.02. The highest BCUT2D eigenvalue weighted by Crippen LogP contribution is 2.41. The number of allylic oxidation sites excluding steroid dienone is 2. The van der Waals surface area contributed by atoms with Crippen molar-refractivity contribution in [3.8, 4) is 5.75 Å². The normalized spacial score (nSPS) is 23.7. The van der Waals surface area contributed by atoms with E-state index in [0.29, 0.717) is 29.8 Å².